The Bertz CT molecular complexity index is 1030. The van der Waals surface area contributed by atoms with E-state index in [1.807, 2.05) is 11.5 Å². The molecule has 1 aliphatic heterocycles. The van der Waals surface area contributed by atoms with E-state index in [9.17, 15) is 9.18 Å². The van der Waals surface area contributed by atoms with Crippen LogP contribution in [0.25, 0.3) is 11.2 Å². The monoisotopic (exact) mass is 431 g/mol. The molecule has 0 atom stereocenters. The molecule has 0 bridgehead atoms. The standard InChI is InChI=1S/C21H23ClFN5O2/c1-2-30-21(29)27-9-7-14(8-10-27)11-17-26-20-18(19(22)24-13-25-20)28(17)12-15-3-5-16(23)6-4-15/h3-6,13-14H,2,7-12H2,1H3. The maximum atomic E-state index is 13.3. The first-order valence-electron chi connectivity index (χ1n) is 10.1. The summed E-state index contributed by atoms with van der Waals surface area (Å²) in [5.41, 5.74) is 2.17. The molecule has 30 heavy (non-hydrogen) atoms. The Morgan fingerprint density at radius 1 is 1.23 bits per heavy atom. The number of nitrogens with zero attached hydrogens (tertiary/aromatic N) is 5. The summed E-state index contributed by atoms with van der Waals surface area (Å²) in [6, 6.07) is 6.38. The Labute approximate surface area is 178 Å². The zero-order valence-electron chi connectivity index (χ0n) is 16.7. The molecule has 3 heterocycles. The van der Waals surface area contributed by atoms with Crippen molar-refractivity contribution >= 4 is 28.9 Å². The minimum atomic E-state index is -0.274. The first kappa shape index (κ1) is 20.5. The largest absolute Gasteiger partial charge is 0.450 e. The highest BCUT2D eigenvalue weighted by Crippen LogP contribution is 2.27. The van der Waals surface area contributed by atoms with Gasteiger partial charge in [0.2, 0.25) is 0 Å². The van der Waals surface area contributed by atoms with E-state index in [1.165, 1.54) is 18.5 Å². The molecule has 9 heteroatoms. The number of fused-ring (bicyclic) bond motifs is 1. The van der Waals surface area contributed by atoms with Crippen LogP contribution in [-0.4, -0.2) is 50.2 Å². The number of rotatable bonds is 5. The van der Waals surface area contributed by atoms with E-state index in [0.29, 0.717) is 48.5 Å². The van der Waals surface area contributed by atoms with Gasteiger partial charge in [0.25, 0.3) is 0 Å². The lowest BCUT2D eigenvalue weighted by Gasteiger charge is -2.31. The molecular weight excluding hydrogens is 409 g/mol. The van der Waals surface area contributed by atoms with Crippen LogP contribution in [0.3, 0.4) is 0 Å². The number of likely N-dealkylation sites (tertiary alicyclic amines) is 1. The third kappa shape index (κ3) is 4.38. The van der Waals surface area contributed by atoms with Crippen molar-refractivity contribution in [3.05, 3.63) is 53.0 Å². The van der Waals surface area contributed by atoms with Gasteiger partial charge < -0.3 is 14.2 Å². The Hall–Kier alpha value is -2.74. The van der Waals surface area contributed by atoms with Crippen LogP contribution < -0.4 is 0 Å². The fourth-order valence-electron chi connectivity index (χ4n) is 3.87. The van der Waals surface area contributed by atoms with Crippen molar-refractivity contribution in [2.45, 2.75) is 32.7 Å². The molecule has 0 unspecified atom stereocenters. The van der Waals surface area contributed by atoms with Crippen molar-refractivity contribution in [2.75, 3.05) is 19.7 Å². The molecular formula is C21H23ClFN5O2. The third-order valence-electron chi connectivity index (χ3n) is 5.44. The van der Waals surface area contributed by atoms with Gasteiger partial charge in [-0.05, 0) is 43.4 Å². The van der Waals surface area contributed by atoms with Gasteiger partial charge in [0.15, 0.2) is 10.8 Å². The summed E-state index contributed by atoms with van der Waals surface area (Å²) in [6.07, 6.45) is 3.64. The highest BCUT2D eigenvalue weighted by molar-refractivity contribution is 6.33. The van der Waals surface area contributed by atoms with Gasteiger partial charge in [-0.25, -0.2) is 24.1 Å². The summed E-state index contributed by atoms with van der Waals surface area (Å²) in [7, 11) is 0. The first-order chi connectivity index (χ1) is 14.5. The van der Waals surface area contributed by atoms with Crippen LogP contribution >= 0.6 is 11.6 Å². The number of aromatic nitrogens is 4. The number of benzene rings is 1. The number of carbonyl (C=O) groups is 1. The molecule has 0 N–H and O–H groups in total. The number of imidazole rings is 1. The number of carbonyl (C=O) groups excluding carboxylic acids is 1. The second-order valence-corrected chi connectivity index (χ2v) is 7.77. The van der Waals surface area contributed by atoms with E-state index in [4.69, 9.17) is 21.3 Å². The van der Waals surface area contributed by atoms with E-state index in [2.05, 4.69) is 9.97 Å². The van der Waals surface area contributed by atoms with Gasteiger partial charge in [0.1, 0.15) is 23.5 Å². The summed E-state index contributed by atoms with van der Waals surface area (Å²) in [5, 5.41) is 0.345. The Kier molecular flexibility index (Phi) is 6.13. The maximum absolute atomic E-state index is 13.3. The SMILES string of the molecule is CCOC(=O)N1CCC(Cc2nc3ncnc(Cl)c3n2Cc2ccc(F)cc2)CC1. The molecule has 3 aromatic rings. The molecule has 1 fully saturated rings. The molecule has 7 nitrogen and oxygen atoms in total. The van der Waals surface area contributed by atoms with Gasteiger partial charge in [-0.3, -0.25) is 0 Å². The fraction of sp³-hybridized carbons (Fsp3) is 0.429. The Morgan fingerprint density at radius 2 is 1.97 bits per heavy atom. The van der Waals surface area contributed by atoms with Crippen molar-refractivity contribution < 1.29 is 13.9 Å². The molecule has 0 aliphatic carbocycles. The van der Waals surface area contributed by atoms with Crippen molar-refractivity contribution in [1.29, 1.82) is 0 Å². The summed E-state index contributed by atoms with van der Waals surface area (Å²) in [6.45, 7) is 4.03. The molecule has 1 aliphatic rings. The van der Waals surface area contributed by atoms with Gasteiger partial charge in [-0.2, -0.15) is 0 Å². The summed E-state index contributed by atoms with van der Waals surface area (Å²) in [5.74, 6) is 0.974. The second-order valence-electron chi connectivity index (χ2n) is 7.41. The van der Waals surface area contributed by atoms with Crippen LogP contribution in [0.2, 0.25) is 5.15 Å². The van der Waals surface area contributed by atoms with Crippen molar-refractivity contribution in [1.82, 2.24) is 24.4 Å². The average molecular weight is 432 g/mol. The van der Waals surface area contributed by atoms with E-state index in [0.717, 1.165) is 30.7 Å². The summed E-state index contributed by atoms with van der Waals surface area (Å²) >= 11 is 6.36. The molecule has 158 valence electrons. The lowest BCUT2D eigenvalue weighted by molar-refractivity contribution is 0.0916. The van der Waals surface area contributed by atoms with Crippen molar-refractivity contribution in [3.8, 4) is 0 Å². The summed E-state index contributed by atoms with van der Waals surface area (Å²) in [4.78, 5) is 26.8. The Morgan fingerprint density at radius 3 is 2.67 bits per heavy atom. The third-order valence-corrected chi connectivity index (χ3v) is 5.72. The minimum Gasteiger partial charge on any atom is -0.450 e. The molecule has 1 saturated heterocycles. The molecule has 2 aromatic heterocycles. The fourth-order valence-corrected chi connectivity index (χ4v) is 4.10. The second kappa shape index (κ2) is 8.95. The average Bonchev–Trinajstić information content (AvgIpc) is 3.08. The van der Waals surface area contributed by atoms with Gasteiger partial charge in [0, 0.05) is 26.1 Å². The highest BCUT2D eigenvalue weighted by atomic mass is 35.5. The number of hydrogen-bond donors (Lipinski definition) is 0. The zero-order chi connectivity index (χ0) is 21.1. The van der Waals surface area contributed by atoms with Gasteiger partial charge in [-0.15, -0.1) is 0 Å². The van der Waals surface area contributed by atoms with Crippen LogP contribution in [0.4, 0.5) is 9.18 Å². The topological polar surface area (TPSA) is 73.1 Å². The van der Waals surface area contributed by atoms with Crippen LogP contribution in [0.1, 0.15) is 31.2 Å². The van der Waals surface area contributed by atoms with Gasteiger partial charge >= 0.3 is 6.09 Å². The van der Waals surface area contributed by atoms with Gasteiger partial charge in [0.05, 0.1) is 6.61 Å². The van der Waals surface area contributed by atoms with Crippen molar-refractivity contribution in [3.63, 3.8) is 0 Å². The summed E-state index contributed by atoms with van der Waals surface area (Å²) < 4.78 is 20.4. The van der Waals surface area contributed by atoms with Crippen LogP contribution in [0.15, 0.2) is 30.6 Å². The van der Waals surface area contributed by atoms with E-state index >= 15 is 0 Å². The van der Waals surface area contributed by atoms with E-state index < -0.39 is 0 Å². The van der Waals surface area contributed by atoms with Crippen molar-refractivity contribution in [2.24, 2.45) is 5.92 Å². The molecule has 1 amide bonds. The number of ether oxygens (including phenoxy) is 1. The number of amides is 1. The normalized spacial score (nSPS) is 15.0. The predicted octanol–water partition coefficient (Wildman–Crippen LogP) is 4.08. The van der Waals surface area contributed by atoms with Gasteiger partial charge in [-0.1, -0.05) is 23.7 Å². The lowest BCUT2D eigenvalue weighted by Crippen LogP contribution is -2.39. The first-order valence-corrected chi connectivity index (χ1v) is 10.4. The maximum Gasteiger partial charge on any atom is 0.409 e. The molecule has 0 radical (unpaired) electrons. The molecule has 4 rings (SSSR count). The molecule has 0 saturated carbocycles. The van der Waals surface area contributed by atoms with Crippen LogP contribution in [-0.2, 0) is 17.7 Å². The highest BCUT2D eigenvalue weighted by Gasteiger charge is 2.26. The quantitative estimate of drug-likeness (QED) is 0.569. The number of piperidine rings is 1. The zero-order valence-corrected chi connectivity index (χ0v) is 17.5. The minimum absolute atomic E-state index is 0.249. The van der Waals surface area contributed by atoms with E-state index in [-0.39, 0.29) is 11.9 Å². The van der Waals surface area contributed by atoms with Crippen LogP contribution in [0.5, 0.6) is 0 Å². The predicted molar refractivity (Wildman–Crippen MR) is 111 cm³/mol. The smallest absolute Gasteiger partial charge is 0.409 e. The number of hydrogen-bond acceptors (Lipinski definition) is 5. The van der Waals surface area contributed by atoms with E-state index in [1.54, 1.807) is 17.0 Å². The van der Waals surface area contributed by atoms with Crippen LogP contribution in [0, 0.1) is 11.7 Å². The number of halogens is 2. The molecule has 0 spiro atoms. The lowest BCUT2D eigenvalue weighted by atomic mass is 9.93. The molecule has 1 aromatic carbocycles. The Balaban J connectivity index is 1.56.